The van der Waals surface area contributed by atoms with E-state index in [2.05, 4.69) is 13.8 Å². The SMILES string of the molecule is CCCn1cc(N)cc1C(=O)OCCSCC. The molecule has 0 amide bonds. The van der Waals surface area contributed by atoms with Crippen LogP contribution in [0.2, 0.25) is 0 Å². The van der Waals surface area contributed by atoms with Crippen LogP contribution < -0.4 is 5.73 Å². The van der Waals surface area contributed by atoms with E-state index in [1.54, 1.807) is 24.0 Å². The first-order valence-electron chi connectivity index (χ1n) is 5.89. The van der Waals surface area contributed by atoms with E-state index in [4.69, 9.17) is 10.5 Å². The molecule has 4 nitrogen and oxygen atoms in total. The molecule has 0 spiro atoms. The van der Waals surface area contributed by atoms with Crippen molar-refractivity contribution in [3.05, 3.63) is 18.0 Å². The van der Waals surface area contributed by atoms with Gasteiger partial charge in [-0.15, -0.1) is 0 Å². The fourth-order valence-corrected chi connectivity index (χ4v) is 2.03. The molecule has 17 heavy (non-hydrogen) atoms. The van der Waals surface area contributed by atoms with Crippen LogP contribution in [0.4, 0.5) is 5.69 Å². The highest BCUT2D eigenvalue weighted by Crippen LogP contribution is 2.13. The molecule has 1 heterocycles. The molecule has 0 saturated heterocycles. The highest BCUT2D eigenvalue weighted by atomic mass is 32.2. The molecule has 2 N–H and O–H groups in total. The first kappa shape index (κ1) is 14.0. The zero-order valence-electron chi connectivity index (χ0n) is 10.4. The summed E-state index contributed by atoms with van der Waals surface area (Å²) >= 11 is 1.76. The van der Waals surface area contributed by atoms with Gasteiger partial charge in [0.25, 0.3) is 0 Å². The molecule has 0 aromatic carbocycles. The second-order valence-corrected chi connectivity index (χ2v) is 5.08. The van der Waals surface area contributed by atoms with Crippen molar-refractivity contribution in [2.75, 3.05) is 23.8 Å². The Balaban J connectivity index is 2.55. The number of hydrogen-bond donors (Lipinski definition) is 1. The number of aromatic nitrogens is 1. The number of carbonyl (C=O) groups excluding carboxylic acids is 1. The minimum absolute atomic E-state index is 0.285. The fourth-order valence-electron chi connectivity index (χ4n) is 1.54. The second-order valence-electron chi connectivity index (χ2n) is 3.68. The van der Waals surface area contributed by atoms with Gasteiger partial charge < -0.3 is 15.0 Å². The van der Waals surface area contributed by atoms with Crippen LogP contribution in [-0.2, 0) is 11.3 Å². The van der Waals surface area contributed by atoms with E-state index in [-0.39, 0.29) is 5.97 Å². The van der Waals surface area contributed by atoms with Gasteiger partial charge in [-0.05, 0) is 18.2 Å². The lowest BCUT2D eigenvalue weighted by atomic mass is 10.4. The quantitative estimate of drug-likeness (QED) is 0.601. The third-order valence-corrected chi connectivity index (χ3v) is 3.12. The summed E-state index contributed by atoms with van der Waals surface area (Å²) in [5.41, 5.74) is 6.84. The molecular weight excluding hydrogens is 236 g/mol. The lowest BCUT2D eigenvalue weighted by Gasteiger charge is -2.07. The van der Waals surface area contributed by atoms with Crippen LogP contribution in [0.5, 0.6) is 0 Å². The number of nitrogen functional groups attached to an aromatic ring is 1. The van der Waals surface area contributed by atoms with Crippen LogP contribution in [0.15, 0.2) is 12.3 Å². The Bertz CT molecular complexity index is 363. The van der Waals surface area contributed by atoms with Gasteiger partial charge in [0.2, 0.25) is 0 Å². The molecule has 1 rings (SSSR count). The van der Waals surface area contributed by atoms with Crippen molar-refractivity contribution in [1.29, 1.82) is 0 Å². The minimum Gasteiger partial charge on any atom is -0.460 e. The number of rotatable bonds is 7. The maximum Gasteiger partial charge on any atom is 0.355 e. The number of esters is 1. The molecule has 1 aromatic heterocycles. The molecule has 0 aliphatic rings. The number of aryl methyl sites for hydroxylation is 1. The zero-order valence-corrected chi connectivity index (χ0v) is 11.3. The summed E-state index contributed by atoms with van der Waals surface area (Å²) in [6, 6.07) is 1.67. The Morgan fingerprint density at radius 1 is 1.53 bits per heavy atom. The van der Waals surface area contributed by atoms with Gasteiger partial charge in [-0.3, -0.25) is 0 Å². The molecule has 0 unspecified atom stereocenters. The first-order chi connectivity index (χ1) is 8.19. The predicted molar refractivity (Wildman–Crippen MR) is 72.4 cm³/mol. The average Bonchev–Trinajstić information content (AvgIpc) is 2.66. The van der Waals surface area contributed by atoms with Crippen molar-refractivity contribution >= 4 is 23.4 Å². The molecule has 96 valence electrons. The molecule has 5 heteroatoms. The fraction of sp³-hybridized carbons (Fsp3) is 0.583. The number of anilines is 1. The average molecular weight is 256 g/mol. The summed E-state index contributed by atoms with van der Waals surface area (Å²) in [7, 11) is 0. The molecule has 0 bridgehead atoms. The van der Waals surface area contributed by atoms with Gasteiger partial charge in [0.05, 0.1) is 5.69 Å². The maximum atomic E-state index is 11.8. The van der Waals surface area contributed by atoms with E-state index < -0.39 is 0 Å². The van der Waals surface area contributed by atoms with E-state index in [9.17, 15) is 4.79 Å². The summed E-state index contributed by atoms with van der Waals surface area (Å²) in [6.07, 6.45) is 2.74. The van der Waals surface area contributed by atoms with Gasteiger partial charge in [-0.25, -0.2) is 4.79 Å². The molecular formula is C12H20N2O2S. The number of hydrogen-bond acceptors (Lipinski definition) is 4. The van der Waals surface area contributed by atoms with Crippen LogP contribution in [0, 0.1) is 0 Å². The van der Waals surface area contributed by atoms with E-state index in [0.717, 1.165) is 24.5 Å². The standard InChI is InChI=1S/C12H20N2O2S/c1-3-5-14-9-10(13)8-11(14)12(15)16-6-7-17-4-2/h8-9H,3-7,13H2,1-2H3. The number of carbonyl (C=O) groups is 1. The molecule has 0 saturated carbocycles. The number of thioether (sulfide) groups is 1. The minimum atomic E-state index is -0.285. The Hall–Kier alpha value is -1.10. The smallest absolute Gasteiger partial charge is 0.355 e. The van der Waals surface area contributed by atoms with E-state index >= 15 is 0 Å². The largest absolute Gasteiger partial charge is 0.460 e. The molecule has 0 aliphatic heterocycles. The highest BCUT2D eigenvalue weighted by Gasteiger charge is 2.13. The summed E-state index contributed by atoms with van der Waals surface area (Å²) in [5.74, 6) is 1.59. The molecule has 0 fully saturated rings. The third-order valence-electron chi connectivity index (χ3n) is 2.26. The summed E-state index contributed by atoms with van der Waals surface area (Å²) < 4.78 is 7.05. The van der Waals surface area contributed by atoms with Crippen LogP contribution in [0.25, 0.3) is 0 Å². The lowest BCUT2D eigenvalue weighted by molar-refractivity contribution is 0.0517. The third kappa shape index (κ3) is 4.34. The predicted octanol–water partition coefficient (Wildman–Crippen LogP) is 2.39. The zero-order chi connectivity index (χ0) is 12.7. The monoisotopic (exact) mass is 256 g/mol. The van der Waals surface area contributed by atoms with E-state index in [1.165, 1.54) is 0 Å². The van der Waals surface area contributed by atoms with Crippen molar-refractivity contribution in [3.63, 3.8) is 0 Å². The number of ether oxygens (including phenoxy) is 1. The number of nitrogens with zero attached hydrogens (tertiary/aromatic N) is 1. The maximum absolute atomic E-state index is 11.8. The lowest BCUT2D eigenvalue weighted by Crippen LogP contribution is -2.13. The Morgan fingerprint density at radius 2 is 2.29 bits per heavy atom. The molecule has 0 radical (unpaired) electrons. The summed E-state index contributed by atoms with van der Waals surface area (Å²) in [4.78, 5) is 11.8. The summed E-state index contributed by atoms with van der Waals surface area (Å²) in [6.45, 7) is 5.38. The van der Waals surface area contributed by atoms with Crippen molar-refractivity contribution in [3.8, 4) is 0 Å². The van der Waals surface area contributed by atoms with Gasteiger partial charge in [-0.1, -0.05) is 13.8 Å². The Kier molecular flexibility index (Phi) is 5.97. The van der Waals surface area contributed by atoms with Gasteiger partial charge >= 0.3 is 5.97 Å². The summed E-state index contributed by atoms with van der Waals surface area (Å²) in [5, 5.41) is 0. The van der Waals surface area contributed by atoms with Gasteiger partial charge in [0.15, 0.2) is 0 Å². The van der Waals surface area contributed by atoms with Crippen molar-refractivity contribution < 1.29 is 9.53 Å². The topological polar surface area (TPSA) is 57.2 Å². The van der Waals surface area contributed by atoms with Crippen molar-refractivity contribution in [2.24, 2.45) is 0 Å². The van der Waals surface area contributed by atoms with Crippen LogP contribution in [-0.4, -0.2) is 28.6 Å². The van der Waals surface area contributed by atoms with Crippen molar-refractivity contribution in [1.82, 2.24) is 4.57 Å². The van der Waals surface area contributed by atoms with Gasteiger partial charge in [0.1, 0.15) is 12.3 Å². The van der Waals surface area contributed by atoms with Crippen molar-refractivity contribution in [2.45, 2.75) is 26.8 Å². The van der Waals surface area contributed by atoms with E-state index in [1.807, 2.05) is 4.57 Å². The highest BCUT2D eigenvalue weighted by molar-refractivity contribution is 7.99. The Labute approximate surface area is 107 Å². The normalized spacial score (nSPS) is 10.5. The second kappa shape index (κ2) is 7.27. The Morgan fingerprint density at radius 3 is 2.94 bits per heavy atom. The first-order valence-corrected chi connectivity index (χ1v) is 7.05. The number of nitrogens with two attached hydrogens (primary N) is 1. The van der Waals surface area contributed by atoms with Crippen LogP contribution in [0.1, 0.15) is 30.8 Å². The van der Waals surface area contributed by atoms with Crippen LogP contribution in [0.3, 0.4) is 0 Å². The molecule has 1 aromatic rings. The van der Waals surface area contributed by atoms with Crippen LogP contribution >= 0.6 is 11.8 Å². The molecule has 0 aliphatic carbocycles. The van der Waals surface area contributed by atoms with Gasteiger partial charge in [-0.2, -0.15) is 11.8 Å². The van der Waals surface area contributed by atoms with Gasteiger partial charge in [0, 0.05) is 18.5 Å². The van der Waals surface area contributed by atoms with E-state index in [0.29, 0.717) is 18.0 Å². The molecule has 0 atom stereocenters.